The van der Waals surface area contributed by atoms with Gasteiger partial charge in [-0.1, -0.05) is 27.5 Å². The summed E-state index contributed by atoms with van der Waals surface area (Å²) in [5, 5.41) is 3.64. The molecule has 0 amide bonds. The molecule has 0 spiro atoms. The van der Waals surface area contributed by atoms with E-state index in [-0.39, 0.29) is 0 Å². The number of benzene rings is 1. The Labute approximate surface area is 118 Å². The molecule has 0 aromatic heterocycles. The molecule has 0 radical (unpaired) electrons. The van der Waals surface area contributed by atoms with E-state index < -0.39 is 12.5 Å². The lowest BCUT2D eigenvalue weighted by atomic mass is 10.0. The Kier molecular flexibility index (Phi) is 4.95. The van der Waals surface area contributed by atoms with Crippen molar-refractivity contribution in [2.45, 2.75) is 12.5 Å². The molecular formula is C12H14BrClF2N2. The highest BCUT2D eigenvalue weighted by molar-refractivity contribution is 9.10. The number of alkyl halides is 2. The van der Waals surface area contributed by atoms with Gasteiger partial charge in [-0.3, -0.25) is 4.90 Å². The highest BCUT2D eigenvalue weighted by Crippen LogP contribution is 2.34. The third kappa shape index (κ3) is 3.20. The summed E-state index contributed by atoms with van der Waals surface area (Å²) in [6.45, 7) is 2.71. The Balaban J connectivity index is 2.31. The second-order valence-corrected chi connectivity index (χ2v) is 5.52. The fourth-order valence-electron chi connectivity index (χ4n) is 2.19. The number of halogens is 4. The van der Waals surface area contributed by atoms with Gasteiger partial charge in [-0.2, -0.15) is 0 Å². The lowest BCUT2D eigenvalue weighted by molar-refractivity contribution is 0.0178. The molecule has 0 unspecified atom stereocenters. The van der Waals surface area contributed by atoms with Gasteiger partial charge in [0, 0.05) is 35.7 Å². The number of hydrogen-bond acceptors (Lipinski definition) is 2. The summed E-state index contributed by atoms with van der Waals surface area (Å²) < 4.78 is 27.4. The van der Waals surface area contributed by atoms with Crippen molar-refractivity contribution in [2.24, 2.45) is 0 Å². The van der Waals surface area contributed by atoms with Crippen LogP contribution in [0.2, 0.25) is 5.02 Å². The molecule has 1 fully saturated rings. The molecule has 1 N–H and O–H groups in total. The summed E-state index contributed by atoms with van der Waals surface area (Å²) in [5.74, 6) is 0. The molecule has 0 bridgehead atoms. The summed E-state index contributed by atoms with van der Waals surface area (Å²) in [7, 11) is 0. The van der Waals surface area contributed by atoms with Crippen LogP contribution in [0.15, 0.2) is 22.7 Å². The van der Waals surface area contributed by atoms with Crippen molar-refractivity contribution in [3.63, 3.8) is 0 Å². The van der Waals surface area contributed by atoms with Crippen LogP contribution >= 0.6 is 27.5 Å². The minimum absolute atomic E-state index is 0.481. The second-order valence-electron chi connectivity index (χ2n) is 4.23. The maximum absolute atomic E-state index is 13.4. The van der Waals surface area contributed by atoms with Crippen molar-refractivity contribution < 1.29 is 8.78 Å². The highest BCUT2D eigenvalue weighted by atomic mass is 79.9. The zero-order valence-corrected chi connectivity index (χ0v) is 12.0. The van der Waals surface area contributed by atoms with Crippen molar-refractivity contribution in [3.05, 3.63) is 33.3 Å². The van der Waals surface area contributed by atoms with Gasteiger partial charge in [0.15, 0.2) is 0 Å². The van der Waals surface area contributed by atoms with Crippen LogP contribution in [0.3, 0.4) is 0 Å². The van der Waals surface area contributed by atoms with E-state index >= 15 is 0 Å². The van der Waals surface area contributed by atoms with Crippen LogP contribution in [-0.4, -0.2) is 37.5 Å². The van der Waals surface area contributed by atoms with Crippen molar-refractivity contribution in [1.29, 1.82) is 0 Å². The first-order valence-corrected chi connectivity index (χ1v) is 6.94. The van der Waals surface area contributed by atoms with Crippen LogP contribution < -0.4 is 5.32 Å². The maximum Gasteiger partial charge on any atom is 0.258 e. The average Bonchev–Trinajstić information content (AvgIpc) is 2.35. The molecule has 1 aliphatic heterocycles. The van der Waals surface area contributed by atoms with Crippen molar-refractivity contribution in [1.82, 2.24) is 10.2 Å². The predicted octanol–water partition coefficient (Wildman–Crippen LogP) is 3.31. The van der Waals surface area contributed by atoms with E-state index in [0.717, 1.165) is 13.1 Å². The first kappa shape index (κ1) is 14.2. The fourth-order valence-corrected chi connectivity index (χ4v) is 2.86. The third-order valence-electron chi connectivity index (χ3n) is 3.06. The average molecular weight is 340 g/mol. The van der Waals surface area contributed by atoms with Crippen LogP contribution in [0.25, 0.3) is 0 Å². The Bertz CT molecular complexity index is 411. The molecule has 0 aliphatic carbocycles. The van der Waals surface area contributed by atoms with Crippen LogP contribution in [0.1, 0.15) is 11.6 Å². The van der Waals surface area contributed by atoms with Crippen LogP contribution in [0.4, 0.5) is 8.78 Å². The summed E-state index contributed by atoms with van der Waals surface area (Å²) in [4.78, 5) is 1.80. The smallest absolute Gasteiger partial charge is 0.258 e. The molecule has 2 nitrogen and oxygen atoms in total. The number of nitrogens with zero attached hydrogens (tertiary/aromatic N) is 1. The molecule has 100 valence electrons. The van der Waals surface area contributed by atoms with Gasteiger partial charge in [-0.15, -0.1) is 0 Å². The molecule has 0 saturated carbocycles. The molecular weight excluding hydrogens is 325 g/mol. The molecule has 1 heterocycles. The lowest BCUT2D eigenvalue weighted by Gasteiger charge is -2.35. The Morgan fingerprint density at radius 2 is 1.94 bits per heavy atom. The molecule has 2 rings (SSSR count). The Morgan fingerprint density at radius 3 is 2.56 bits per heavy atom. The van der Waals surface area contributed by atoms with Gasteiger partial charge in [-0.25, -0.2) is 8.78 Å². The van der Waals surface area contributed by atoms with E-state index in [9.17, 15) is 8.78 Å². The van der Waals surface area contributed by atoms with Gasteiger partial charge in [-0.05, 0) is 23.8 Å². The summed E-state index contributed by atoms with van der Waals surface area (Å²) in [6, 6.07) is 4.12. The highest BCUT2D eigenvalue weighted by Gasteiger charge is 2.31. The standard InChI is InChI=1S/C12H14BrClF2N2/c13-10-2-1-8(14)7-9(10)11(12(15)16)18-5-3-17-4-6-18/h1-2,7,11-12,17H,3-6H2/t11-/m1/s1. The van der Waals surface area contributed by atoms with E-state index in [1.54, 1.807) is 23.1 Å². The van der Waals surface area contributed by atoms with E-state index in [2.05, 4.69) is 21.2 Å². The minimum Gasteiger partial charge on any atom is -0.314 e. The Morgan fingerprint density at radius 1 is 1.28 bits per heavy atom. The monoisotopic (exact) mass is 338 g/mol. The van der Waals surface area contributed by atoms with Crippen molar-refractivity contribution in [2.75, 3.05) is 26.2 Å². The molecule has 1 aromatic rings. The molecule has 1 aliphatic rings. The molecule has 18 heavy (non-hydrogen) atoms. The normalized spacial score (nSPS) is 19.2. The first-order chi connectivity index (χ1) is 8.59. The lowest BCUT2D eigenvalue weighted by Crippen LogP contribution is -2.47. The number of nitrogens with one attached hydrogen (secondary N) is 1. The summed E-state index contributed by atoms with van der Waals surface area (Å²) >= 11 is 9.24. The zero-order valence-electron chi connectivity index (χ0n) is 9.67. The number of hydrogen-bond donors (Lipinski definition) is 1. The van der Waals surface area contributed by atoms with Crippen LogP contribution in [0, 0.1) is 0 Å². The first-order valence-electron chi connectivity index (χ1n) is 5.77. The van der Waals surface area contributed by atoms with E-state index in [4.69, 9.17) is 11.6 Å². The van der Waals surface area contributed by atoms with Gasteiger partial charge in [0.25, 0.3) is 6.43 Å². The Hall–Kier alpha value is -0.230. The fraction of sp³-hybridized carbons (Fsp3) is 0.500. The van der Waals surface area contributed by atoms with E-state index in [0.29, 0.717) is 28.1 Å². The molecule has 1 aromatic carbocycles. The number of piperazine rings is 1. The minimum atomic E-state index is -2.43. The topological polar surface area (TPSA) is 15.3 Å². The zero-order chi connectivity index (χ0) is 13.1. The van der Waals surface area contributed by atoms with Crippen LogP contribution in [-0.2, 0) is 0 Å². The van der Waals surface area contributed by atoms with Gasteiger partial charge in [0.1, 0.15) is 0 Å². The SMILES string of the molecule is FC(F)[C@@H](c1cc(Cl)ccc1Br)N1CCNCC1. The van der Waals surface area contributed by atoms with Gasteiger partial charge < -0.3 is 5.32 Å². The summed E-state index contributed by atoms with van der Waals surface area (Å²) in [6.07, 6.45) is -2.43. The van der Waals surface area contributed by atoms with Crippen LogP contribution in [0.5, 0.6) is 0 Å². The molecule has 6 heteroatoms. The van der Waals surface area contributed by atoms with E-state index in [1.807, 2.05) is 0 Å². The molecule has 1 saturated heterocycles. The van der Waals surface area contributed by atoms with Gasteiger partial charge in [0.05, 0.1) is 6.04 Å². The van der Waals surface area contributed by atoms with Crippen molar-refractivity contribution >= 4 is 27.5 Å². The number of rotatable bonds is 3. The predicted molar refractivity (Wildman–Crippen MR) is 72.3 cm³/mol. The quantitative estimate of drug-likeness (QED) is 0.909. The van der Waals surface area contributed by atoms with Gasteiger partial charge in [0.2, 0.25) is 0 Å². The second kappa shape index (κ2) is 6.28. The van der Waals surface area contributed by atoms with Gasteiger partial charge >= 0.3 is 0 Å². The largest absolute Gasteiger partial charge is 0.314 e. The van der Waals surface area contributed by atoms with E-state index in [1.165, 1.54) is 0 Å². The third-order valence-corrected chi connectivity index (χ3v) is 4.02. The summed E-state index contributed by atoms with van der Waals surface area (Å²) in [5.41, 5.74) is 0.555. The van der Waals surface area contributed by atoms with Crippen molar-refractivity contribution in [3.8, 4) is 0 Å². The molecule has 1 atom stereocenters. The maximum atomic E-state index is 13.4.